The highest BCUT2D eigenvalue weighted by Gasteiger charge is 2.29. The lowest BCUT2D eigenvalue weighted by molar-refractivity contribution is 0.0236. The number of nitrogens with zero attached hydrogens (tertiary/aromatic N) is 1. The fraction of sp³-hybridized carbons (Fsp3) is 0.688. The largest absolute Gasteiger partial charge is 0.382 e. The van der Waals surface area contributed by atoms with Gasteiger partial charge in [0.05, 0.1) is 25.4 Å². The molecular formula is C16H24N2O3S. The maximum Gasteiger partial charge on any atom is 0.317 e. The number of hydrogen-bond donors (Lipinski definition) is 1. The van der Waals surface area contributed by atoms with E-state index in [0.717, 1.165) is 32.2 Å². The molecule has 122 valence electrons. The molecule has 0 radical (unpaired) electrons. The quantitative estimate of drug-likeness (QED) is 0.847. The number of carbonyl (C=O) groups is 1. The molecule has 0 bridgehead atoms. The van der Waals surface area contributed by atoms with Crippen LogP contribution in [0.25, 0.3) is 0 Å². The van der Waals surface area contributed by atoms with E-state index in [1.165, 1.54) is 10.4 Å². The Morgan fingerprint density at radius 1 is 1.45 bits per heavy atom. The number of ether oxygens (including phenoxy) is 2. The summed E-state index contributed by atoms with van der Waals surface area (Å²) >= 11 is 1.80. The minimum atomic E-state index is 0.0434. The van der Waals surface area contributed by atoms with E-state index < -0.39 is 0 Å². The summed E-state index contributed by atoms with van der Waals surface area (Å²) in [5.74, 6) is 0. The zero-order chi connectivity index (χ0) is 15.4. The predicted octanol–water partition coefficient (Wildman–Crippen LogP) is 2.57. The summed E-state index contributed by atoms with van der Waals surface area (Å²) in [4.78, 5) is 15.8. The number of aryl methyl sites for hydroxylation is 1. The van der Waals surface area contributed by atoms with E-state index in [-0.39, 0.29) is 18.2 Å². The Labute approximate surface area is 135 Å². The molecule has 2 amide bonds. The van der Waals surface area contributed by atoms with Gasteiger partial charge in [-0.3, -0.25) is 0 Å². The number of hydrogen-bond acceptors (Lipinski definition) is 4. The molecule has 0 saturated carbocycles. The summed E-state index contributed by atoms with van der Waals surface area (Å²) in [6.45, 7) is 2.65. The number of likely N-dealkylation sites (tertiary alicyclic amines) is 1. The second-order valence-corrected chi connectivity index (χ2v) is 6.91. The Morgan fingerprint density at radius 3 is 3.23 bits per heavy atom. The first kappa shape index (κ1) is 15.8. The van der Waals surface area contributed by atoms with Gasteiger partial charge in [0.25, 0.3) is 0 Å². The van der Waals surface area contributed by atoms with Crippen LogP contribution in [0.5, 0.6) is 0 Å². The molecule has 2 aliphatic rings. The maximum atomic E-state index is 12.5. The lowest BCUT2D eigenvalue weighted by Gasteiger charge is -2.26. The summed E-state index contributed by atoms with van der Waals surface area (Å²) in [5, 5.41) is 5.33. The third-order valence-corrected chi connectivity index (χ3v) is 5.42. The van der Waals surface area contributed by atoms with Gasteiger partial charge in [0.1, 0.15) is 0 Å². The number of carbonyl (C=O) groups excluding carboxylic acids is 1. The van der Waals surface area contributed by atoms with Crippen molar-refractivity contribution in [3.8, 4) is 0 Å². The zero-order valence-corrected chi connectivity index (χ0v) is 13.9. The van der Waals surface area contributed by atoms with Crippen LogP contribution in [0.4, 0.5) is 4.79 Å². The molecule has 5 nitrogen and oxygen atoms in total. The highest BCUT2D eigenvalue weighted by molar-refractivity contribution is 7.10. The summed E-state index contributed by atoms with van der Waals surface area (Å²) < 4.78 is 10.7. The summed E-state index contributed by atoms with van der Waals surface area (Å²) in [6.07, 6.45) is 4.39. The number of thiophene rings is 1. The SMILES string of the molecule is COCCO[C@H]1CCN(C(=O)N[C@H]2CCCc3sccc32)C1. The molecule has 1 aromatic heterocycles. The second kappa shape index (κ2) is 7.44. The molecule has 2 heterocycles. The Hall–Kier alpha value is -1.11. The van der Waals surface area contributed by atoms with Crippen LogP contribution in [0.15, 0.2) is 11.4 Å². The number of urea groups is 1. The molecule has 1 aliphatic carbocycles. The standard InChI is InChI=1S/C16H24N2O3S/c1-20-8-9-21-12-5-7-18(11-12)16(19)17-14-3-2-4-15-13(14)6-10-22-15/h6,10,12,14H,2-5,7-9,11H2,1H3,(H,17,19)/t12-,14-/m0/s1. The van der Waals surface area contributed by atoms with Gasteiger partial charge < -0.3 is 19.7 Å². The smallest absolute Gasteiger partial charge is 0.317 e. The molecule has 1 saturated heterocycles. The Kier molecular flexibility index (Phi) is 5.33. The van der Waals surface area contributed by atoms with E-state index in [1.54, 1.807) is 18.4 Å². The van der Waals surface area contributed by atoms with Crippen LogP contribution < -0.4 is 5.32 Å². The normalized spacial score (nSPS) is 24.3. The van der Waals surface area contributed by atoms with Crippen molar-refractivity contribution in [2.75, 3.05) is 33.4 Å². The highest BCUT2D eigenvalue weighted by atomic mass is 32.1. The lowest BCUT2D eigenvalue weighted by atomic mass is 9.94. The number of methoxy groups -OCH3 is 1. The first-order chi connectivity index (χ1) is 10.8. The first-order valence-corrected chi connectivity index (χ1v) is 8.88. The van der Waals surface area contributed by atoms with Crippen molar-refractivity contribution in [1.29, 1.82) is 0 Å². The predicted molar refractivity (Wildman–Crippen MR) is 86.3 cm³/mol. The van der Waals surface area contributed by atoms with Gasteiger partial charge in [0, 0.05) is 25.1 Å². The minimum absolute atomic E-state index is 0.0434. The van der Waals surface area contributed by atoms with Crippen LogP contribution >= 0.6 is 11.3 Å². The first-order valence-electron chi connectivity index (χ1n) is 8.00. The van der Waals surface area contributed by atoms with Crippen LogP contribution in [0, 0.1) is 0 Å². The molecule has 1 N–H and O–H groups in total. The van der Waals surface area contributed by atoms with Crippen molar-refractivity contribution in [3.05, 3.63) is 21.9 Å². The molecule has 0 unspecified atom stereocenters. The Morgan fingerprint density at radius 2 is 2.36 bits per heavy atom. The van der Waals surface area contributed by atoms with E-state index in [0.29, 0.717) is 19.8 Å². The third-order valence-electron chi connectivity index (χ3n) is 4.42. The van der Waals surface area contributed by atoms with Crippen molar-refractivity contribution in [1.82, 2.24) is 10.2 Å². The molecule has 1 aliphatic heterocycles. The van der Waals surface area contributed by atoms with Gasteiger partial charge in [0.15, 0.2) is 0 Å². The Bertz CT molecular complexity index is 505. The highest BCUT2D eigenvalue weighted by Crippen LogP contribution is 2.33. The molecule has 1 aromatic rings. The Balaban J connectivity index is 1.49. The number of amides is 2. The lowest BCUT2D eigenvalue weighted by Crippen LogP contribution is -2.41. The monoisotopic (exact) mass is 324 g/mol. The van der Waals surface area contributed by atoms with Crippen molar-refractivity contribution < 1.29 is 14.3 Å². The topological polar surface area (TPSA) is 50.8 Å². The van der Waals surface area contributed by atoms with Gasteiger partial charge in [-0.25, -0.2) is 4.79 Å². The van der Waals surface area contributed by atoms with E-state index in [2.05, 4.69) is 16.8 Å². The van der Waals surface area contributed by atoms with E-state index in [1.807, 2.05) is 4.90 Å². The van der Waals surface area contributed by atoms with Crippen molar-refractivity contribution >= 4 is 17.4 Å². The van der Waals surface area contributed by atoms with Gasteiger partial charge in [0.2, 0.25) is 0 Å². The molecule has 1 fully saturated rings. The van der Waals surface area contributed by atoms with Crippen LogP contribution in [-0.2, 0) is 15.9 Å². The summed E-state index contributed by atoms with van der Waals surface area (Å²) in [7, 11) is 1.67. The van der Waals surface area contributed by atoms with E-state index >= 15 is 0 Å². The summed E-state index contributed by atoms with van der Waals surface area (Å²) in [6, 6.07) is 2.38. The molecule has 2 atom stereocenters. The van der Waals surface area contributed by atoms with Gasteiger partial charge in [-0.2, -0.15) is 0 Å². The maximum absolute atomic E-state index is 12.5. The molecule has 0 spiro atoms. The number of rotatable bonds is 5. The third kappa shape index (κ3) is 3.62. The average molecular weight is 324 g/mol. The summed E-state index contributed by atoms with van der Waals surface area (Å²) in [5.41, 5.74) is 1.32. The molecule has 22 heavy (non-hydrogen) atoms. The van der Waals surface area contributed by atoms with Crippen molar-refractivity contribution in [2.24, 2.45) is 0 Å². The molecular weight excluding hydrogens is 300 g/mol. The molecule has 6 heteroatoms. The van der Waals surface area contributed by atoms with E-state index in [9.17, 15) is 4.79 Å². The molecule has 3 rings (SSSR count). The van der Waals surface area contributed by atoms with Crippen LogP contribution in [0.1, 0.15) is 35.7 Å². The van der Waals surface area contributed by atoms with Crippen molar-refractivity contribution in [3.63, 3.8) is 0 Å². The fourth-order valence-corrected chi connectivity index (χ4v) is 4.21. The van der Waals surface area contributed by atoms with Gasteiger partial charge in [-0.05, 0) is 42.7 Å². The van der Waals surface area contributed by atoms with Crippen LogP contribution in [-0.4, -0.2) is 50.4 Å². The zero-order valence-electron chi connectivity index (χ0n) is 13.0. The molecule has 0 aromatic carbocycles. The number of nitrogens with one attached hydrogen (secondary N) is 1. The fourth-order valence-electron chi connectivity index (χ4n) is 3.22. The van der Waals surface area contributed by atoms with Gasteiger partial charge in [-0.1, -0.05) is 0 Å². The van der Waals surface area contributed by atoms with Crippen LogP contribution in [0.2, 0.25) is 0 Å². The minimum Gasteiger partial charge on any atom is -0.382 e. The van der Waals surface area contributed by atoms with Gasteiger partial charge in [-0.15, -0.1) is 11.3 Å². The number of fused-ring (bicyclic) bond motifs is 1. The van der Waals surface area contributed by atoms with Crippen LogP contribution in [0.3, 0.4) is 0 Å². The second-order valence-electron chi connectivity index (χ2n) is 5.91. The van der Waals surface area contributed by atoms with Gasteiger partial charge >= 0.3 is 6.03 Å². The average Bonchev–Trinajstić information content (AvgIpc) is 3.16. The van der Waals surface area contributed by atoms with E-state index in [4.69, 9.17) is 9.47 Å². The van der Waals surface area contributed by atoms with Crippen molar-refractivity contribution in [2.45, 2.75) is 37.8 Å².